The van der Waals surface area contributed by atoms with Crippen LogP contribution in [0.1, 0.15) is 81.6 Å². The fraction of sp³-hybridized carbons (Fsp3) is 0.950. The molecule has 0 aliphatic carbocycles. The molecule has 0 aromatic carbocycles. The minimum absolute atomic E-state index is 0.0109. The summed E-state index contributed by atoms with van der Waals surface area (Å²) in [4.78, 5) is 12.2. The first-order chi connectivity index (χ1) is 10.8. The van der Waals surface area contributed by atoms with Crippen LogP contribution in [0.15, 0.2) is 0 Å². The highest BCUT2D eigenvalue weighted by molar-refractivity contribution is 5.78. The molecule has 0 fully saturated rings. The first-order valence-electron chi connectivity index (χ1n) is 9.24. The minimum atomic E-state index is -0.940. The molecule has 0 amide bonds. The van der Waals surface area contributed by atoms with Crippen LogP contribution in [-0.2, 0) is 19.0 Å². The molecule has 0 rings (SSSR count). The van der Waals surface area contributed by atoms with Crippen LogP contribution in [0, 0.1) is 10.8 Å². The standard InChI is InChI=1S/C20H40O4/c1-10-11-18(4,5)14-19(6,7)15-24-20(8,9)17(21)23-13-12-22-16(2)3/h16H,10-15H2,1-9H3. The number of carbonyl (C=O) groups is 1. The van der Waals surface area contributed by atoms with E-state index in [1.807, 2.05) is 13.8 Å². The van der Waals surface area contributed by atoms with Crippen molar-refractivity contribution in [2.24, 2.45) is 10.8 Å². The molecule has 144 valence electrons. The molecule has 0 heterocycles. The van der Waals surface area contributed by atoms with Gasteiger partial charge in [-0.3, -0.25) is 0 Å². The molecule has 0 saturated heterocycles. The lowest BCUT2D eigenvalue weighted by Gasteiger charge is -2.36. The predicted octanol–water partition coefficient (Wildman–Crippen LogP) is 4.99. The van der Waals surface area contributed by atoms with Crippen molar-refractivity contribution in [3.8, 4) is 0 Å². The van der Waals surface area contributed by atoms with Crippen LogP contribution < -0.4 is 0 Å². The summed E-state index contributed by atoms with van der Waals surface area (Å²) in [5.74, 6) is -0.335. The summed E-state index contributed by atoms with van der Waals surface area (Å²) in [5.41, 5.74) is -0.651. The van der Waals surface area contributed by atoms with Crippen LogP contribution in [0.4, 0.5) is 0 Å². The third-order valence-corrected chi connectivity index (χ3v) is 3.97. The van der Waals surface area contributed by atoms with Gasteiger partial charge in [-0.15, -0.1) is 0 Å². The summed E-state index contributed by atoms with van der Waals surface area (Å²) < 4.78 is 16.6. The molecule has 0 radical (unpaired) electrons. The molecule has 4 nitrogen and oxygen atoms in total. The molecule has 24 heavy (non-hydrogen) atoms. The largest absolute Gasteiger partial charge is 0.461 e. The fourth-order valence-corrected chi connectivity index (χ4v) is 3.14. The Hall–Kier alpha value is -0.610. The van der Waals surface area contributed by atoms with Crippen molar-refractivity contribution < 1.29 is 19.0 Å². The Kier molecular flexibility index (Phi) is 9.52. The number of hydrogen-bond donors (Lipinski definition) is 0. The van der Waals surface area contributed by atoms with E-state index in [0.717, 1.165) is 6.42 Å². The van der Waals surface area contributed by atoms with E-state index in [4.69, 9.17) is 14.2 Å². The maximum Gasteiger partial charge on any atom is 0.337 e. The molecule has 0 aromatic rings. The Morgan fingerprint density at radius 1 is 0.958 bits per heavy atom. The summed E-state index contributed by atoms with van der Waals surface area (Å²) in [7, 11) is 0. The van der Waals surface area contributed by atoms with E-state index in [0.29, 0.717) is 13.2 Å². The van der Waals surface area contributed by atoms with E-state index >= 15 is 0 Å². The predicted molar refractivity (Wildman–Crippen MR) is 99.2 cm³/mol. The third-order valence-electron chi connectivity index (χ3n) is 3.97. The summed E-state index contributed by atoms with van der Waals surface area (Å²) in [6.07, 6.45) is 3.57. The zero-order chi connectivity index (χ0) is 19.0. The maximum absolute atomic E-state index is 12.2. The smallest absolute Gasteiger partial charge is 0.337 e. The lowest BCUT2D eigenvalue weighted by molar-refractivity contribution is -0.173. The Labute approximate surface area is 149 Å². The highest BCUT2D eigenvalue weighted by atomic mass is 16.6. The summed E-state index contributed by atoms with van der Waals surface area (Å²) in [6.45, 7) is 19.9. The van der Waals surface area contributed by atoms with Gasteiger partial charge in [-0.1, -0.05) is 41.0 Å². The van der Waals surface area contributed by atoms with Gasteiger partial charge in [0.05, 0.1) is 19.3 Å². The Morgan fingerprint density at radius 3 is 2.04 bits per heavy atom. The molecule has 0 aliphatic rings. The third kappa shape index (κ3) is 10.3. The number of hydrogen-bond acceptors (Lipinski definition) is 4. The number of ether oxygens (including phenoxy) is 3. The summed E-state index contributed by atoms with van der Waals surface area (Å²) in [6, 6.07) is 0. The quantitative estimate of drug-likeness (QED) is 0.369. The lowest BCUT2D eigenvalue weighted by Crippen LogP contribution is -2.40. The van der Waals surface area contributed by atoms with Gasteiger partial charge in [0.15, 0.2) is 5.60 Å². The molecular weight excluding hydrogens is 304 g/mol. The second kappa shape index (κ2) is 9.76. The zero-order valence-corrected chi connectivity index (χ0v) is 17.5. The van der Waals surface area contributed by atoms with Gasteiger partial charge >= 0.3 is 5.97 Å². The van der Waals surface area contributed by atoms with E-state index in [1.165, 1.54) is 12.8 Å². The highest BCUT2D eigenvalue weighted by Crippen LogP contribution is 2.37. The van der Waals surface area contributed by atoms with Gasteiger partial charge in [0.1, 0.15) is 6.61 Å². The summed E-state index contributed by atoms with van der Waals surface area (Å²) in [5, 5.41) is 0. The Morgan fingerprint density at radius 2 is 1.54 bits per heavy atom. The molecule has 0 spiro atoms. The van der Waals surface area contributed by atoms with Crippen LogP contribution in [0.2, 0.25) is 0 Å². The van der Waals surface area contributed by atoms with Crippen LogP contribution >= 0.6 is 0 Å². The van der Waals surface area contributed by atoms with Crippen LogP contribution in [-0.4, -0.2) is 37.5 Å². The molecule has 0 aliphatic heterocycles. The monoisotopic (exact) mass is 344 g/mol. The second-order valence-electron chi connectivity index (χ2n) is 9.11. The molecule has 0 N–H and O–H groups in total. The zero-order valence-electron chi connectivity index (χ0n) is 17.5. The van der Waals surface area contributed by atoms with Crippen molar-refractivity contribution in [2.75, 3.05) is 19.8 Å². The topological polar surface area (TPSA) is 44.8 Å². The van der Waals surface area contributed by atoms with E-state index in [9.17, 15) is 4.79 Å². The highest BCUT2D eigenvalue weighted by Gasteiger charge is 2.35. The molecule has 0 aromatic heterocycles. The van der Waals surface area contributed by atoms with E-state index < -0.39 is 5.60 Å². The van der Waals surface area contributed by atoms with Crippen molar-refractivity contribution in [2.45, 2.75) is 93.3 Å². The van der Waals surface area contributed by atoms with Gasteiger partial charge in [0.25, 0.3) is 0 Å². The van der Waals surface area contributed by atoms with Gasteiger partial charge in [0.2, 0.25) is 0 Å². The molecule has 0 unspecified atom stereocenters. The van der Waals surface area contributed by atoms with Crippen molar-refractivity contribution >= 4 is 5.97 Å². The average molecular weight is 345 g/mol. The number of carbonyl (C=O) groups excluding carboxylic acids is 1. The fourth-order valence-electron chi connectivity index (χ4n) is 3.14. The first-order valence-corrected chi connectivity index (χ1v) is 9.24. The van der Waals surface area contributed by atoms with Gasteiger partial charge in [-0.25, -0.2) is 4.79 Å². The molecule has 0 saturated carbocycles. The molecule has 0 atom stereocenters. The van der Waals surface area contributed by atoms with Crippen molar-refractivity contribution in [3.63, 3.8) is 0 Å². The van der Waals surface area contributed by atoms with Gasteiger partial charge in [-0.05, 0) is 51.4 Å². The maximum atomic E-state index is 12.2. The number of esters is 1. The van der Waals surface area contributed by atoms with Crippen LogP contribution in [0.25, 0.3) is 0 Å². The Bertz CT molecular complexity index is 370. The lowest BCUT2D eigenvalue weighted by atomic mass is 9.73. The minimum Gasteiger partial charge on any atom is -0.461 e. The Balaban J connectivity index is 4.40. The SMILES string of the molecule is CCCC(C)(C)CC(C)(C)COC(C)(C)C(=O)OCCOC(C)C. The van der Waals surface area contributed by atoms with E-state index in [1.54, 1.807) is 13.8 Å². The first kappa shape index (κ1) is 23.4. The van der Waals surface area contributed by atoms with Gasteiger partial charge < -0.3 is 14.2 Å². The summed E-state index contributed by atoms with van der Waals surface area (Å²) >= 11 is 0. The van der Waals surface area contributed by atoms with Gasteiger partial charge in [-0.2, -0.15) is 0 Å². The number of rotatable bonds is 12. The van der Waals surface area contributed by atoms with E-state index in [2.05, 4.69) is 34.6 Å². The van der Waals surface area contributed by atoms with Crippen LogP contribution in [0.5, 0.6) is 0 Å². The van der Waals surface area contributed by atoms with Crippen molar-refractivity contribution in [1.82, 2.24) is 0 Å². The van der Waals surface area contributed by atoms with Gasteiger partial charge in [0, 0.05) is 0 Å². The van der Waals surface area contributed by atoms with Crippen molar-refractivity contribution in [1.29, 1.82) is 0 Å². The average Bonchev–Trinajstić information content (AvgIpc) is 2.39. The molecule has 0 bridgehead atoms. The second-order valence-corrected chi connectivity index (χ2v) is 9.11. The van der Waals surface area contributed by atoms with Crippen molar-refractivity contribution in [3.05, 3.63) is 0 Å². The van der Waals surface area contributed by atoms with Crippen LogP contribution in [0.3, 0.4) is 0 Å². The normalized spacial score (nSPS) is 13.4. The van der Waals surface area contributed by atoms with E-state index in [-0.39, 0.29) is 29.5 Å². The molecule has 4 heteroatoms. The molecular formula is C20H40O4.